The number of nitrogens with one attached hydrogen (secondary N) is 1. The van der Waals surface area contributed by atoms with Crippen LogP contribution in [0.3, 0.4) is 0 Å². The second kappa shape index (κ2) is 8.02. The molecular weight excluding hydrogens is 335 g/mol. The van der Waals surface area contributed by atoms with Crippen LogP contribution in [0.5, 0.6) is 0 Å². The molecule has 1 saturated heterocycles. The third-order valence-electron chi connectivity index (χ3n) is 4.40. The van der Waals surface area contributed by atoms with Gasteiger partial charge in [0.05, 0.1) is 16.1 Å². The Bertz CT molecular complexity index is 592. The minimum Gasteiger partial charge on any atom is -0.354 e. The van der Waals surface area contributed by atoms with Crippen molar-refractivity contribution >= 4 is 35.0 Å². The molecule has 1 N–H and O–H groups in total. The van der Waals surface area contributed by atoms with Crippen LogP contribution in [-0.2, 0) is 16.0 Å². The van der Waals surface area contributed by atoms with E-state index in [0.29, 0.717) is 35.3 Å². The lowest BCUT2D eigenvalue weighted by molar-refractivity contribution is -0.132. The van der Waals surface area contributed by atoms with Crippen molar-refractivity contribution in [3.63, 3.8) is 0 Å². The van der Waals surface area contributed by atoms with Gasteiger partial charge in [0, 0.05) is 26.4 Å². The molecule has 1 fully saturated rings. The Morgan fingerprint density at radius 3 is 2.78 bits per heavy atom. The normalized spacial score (nSPS) is 20.6. The van der Waals surface area contributed by atoms with E-state index >= 15 is 0 Å². The van der Waals surface area contributed by atoms with Gasteiger partial charge in [0.2, 0.25) is 11.8 Å². The highest BCUT2D eigenvalue weighted by Gasteiger charge is 2.33. The zero-order chi connectivity index (χ0) is 17.0. The van der Waals surface area contributed by atoms with Crippen LogP contribution in [0.2, 0.25) is 10.0 Å². The highest BCUT2D eigenvalue weighted by atomic mass is 35.5. The van der Waals surface area contributed by atoms with Gasteiger partial charge in [-0.25, -0.2) is 0 Å². The summed E-state index contributed by atoms with van der Waals surface area (Å²) in [6, 6.07) is 5.54. The van der Waals surface area contributed by atoms with E-state index in [-0.39, 0.29) is 17.9 Å². The molecule has 2 amide bonds. The number of nitrogens with zero attached hydrogens (tertiary/aromatic N) is 1. The number of carbonyl (C=O) groups excluding carboxylic acids is 2. The van der Waals surface area contributed by atoms with Crippen molar-refractivity contribution in [2.45, 2.75) is 39.2 Å². The predicted octanol–water partition coefficient (Wildman–Crippen LogP) is 3.30. The molecule has 2 rings (SSSR count). The van der Waals surface area contributed by atoms with E-state index in [4.69, 9.17) is 23.2 Å². The Kier molecular flexibility index (Phi) is 6.31. The van der Waals surface area contributed by atoms with Crippen LogP contribution in [0.4, 0.5) is 0 Å². The number of carbonyl (C=O) groups is 2. The maximum Gasteiger partial charge on any atom is 0.223 e. The molecule has 0 bridgehead atoms. The number of hydrogen-bond acceptors (Lipinski definition) is 2. The minimum absolute atomic E-state index is 0.0674. The number of benzene rings is 1. The van der Waals surface area contributed by atoms with E-state index in [1.165, 1.54) is 6.92 Å². The number of likely N-dealkylation sites (tertiary alicyclic amines) is 1. The fourth-order valence-corrected chi connectivity index (χ4v) is 3.42. The molecule has 0 radical (unpaired) electrons. The first-order chi connectivity index (χ1) is 10.9. The molecule has 126 valence electrons. The first-order valence-electron chi connectivity index (χ1n) is 7.87. The lowest BCUT2D eigenvalue weighted by Gasteiger charge is -2.27. The van der Waals surface area contributed by atoms with Crippen molar-refractivity contribution < 1.29 is 9.59 Å². The van der Waals surface area contributed by atoms with Crippen molar-refractivity contribution in [2.24, 2.45) is 5.92 Å². The van der Waals surface area contributed by atoms with E-state index in [2.05, 4.69) is 12.2 Å². The third kappa shape index (κ3) is 4.61. The zero-order valence-electron chi connectivity index (χ0n) is 13.4. The highest BCUT2D eigenvalue weighted by molar-refractivity contribution is 6.42. The summed E-state index contributed by atoms with van der Waals surface area (Å²) >= 11 is 12.2. The van der Waals surface area contributed by atoms with Gasteiger partial charge >= 0.3 is 0 Å². The Balaban J connectivity index is 1.96. The van der Waals surface area contributed by atoms with Gasteiger partial charge in [-0.3, -0.25) is 9.59 Å². The molecule has 23 heavy (non-hydrogen) atoms. The van der Waals surface area contributed by atoms with Crippen LogP contribution in [0.25, 0.3) is 0 Å². The maximum atomic E-state index is 12.6. The standard InChI is InChI=1S/C17H22Cl2N2O2/c1-11-8-9-21(15(11)10-20-12(2)22)16(23)7-6-13-4-3-5-14(18)17(13)19/h3-5,11,15H,6-10H2,1-2H3,(H,20,22). The summed E-state index contributed by atoms with van der Waals surface area (Å²) in [6.45, 7) is 4.87. The fourth-order valence-electron chi connectivity index (χ4n) is 3.00. The largest absolute Gasteiger partial charge is 0.354 e. The molecule has 0 spiro atoms. The highest BCUT2D eigenvalue weighted by Crippen LogP contribution is 2.28. The number of amides is 2. The molecule has 1 aliphatic rings. The van der Waals surface area contributed by atoms with Gasteiger partial charge in [0.15, 0.2) is 0 Å². The monoisotopic (exact) mass is 356 g/mol. The van der Waals surface area contributed by atoms with Crippen LogP contribution >= 0.6 is 23.2 Å². The molecule has 0 aromatic heterocycles. The summed E-state index contributed by atoms with van der Waals surface area (Å²) in [4.78, 5) is 25.6. The van der Waals surface area contributed by atoms with E-state index in [1.807, 2.05) is 17.0 Å². The molecule has 0 saturated carbocycles. The van der Waals surface area contributed by atoms with Crippen molar-refractivity contribution in [1.82, 2.24) is 10.2 Å². The van der Waals surface area contributed by atoms with Gasteiger partial charge in [-0.1, -0.05) is 42.3 Å². The van der Waals surface area contributed by atoms with Crippen molar-refractivity contribution in [3.05, 3.63) is 33.8 Å². The second-order valence-electron chi connectivity index (χ2n) is 6.07. The fraction of sp³-hybridized carbons (Fsp3) is 0.529. The quantitative estimate of drug-likeness (QED) is 0.879. The Morgan fingerprint density at radius 2 is 2.09 bits per heavy atom. The number of aryl methyl sites for hydroxylation is 1. The minimum atomic E-state index is -0.0674. The summed E-state index contributed by atoms with van der Waals surface area (Å²) in [6.07, 6.45) is 1.92. The van der Waals surface area contributed by atoms with Crippen LogP contribution < -0.4 is 5.32 Å². The Morgan fingerprint density at radius 1 is 1.35 bits per heavy atom. The first-order valence-corrected chi connectivity index (χ1v) is 8.62. The van der Waals surface area contributed by atoms with E-state index in [0.717, 1.165) is 18.5 Å². The topological polar surface area (TPSA) is 49.4 Å². The van der Waals surface area contributed by atoms with Gasteiger partial charge in [-0.05, 0) is 30.4 Å². The van der Waals surface area contributed by atoms with Gasteiger partial charge in [0.1, 0.15) is 0 Å². The Labute approximate surface area is 147 Å². The maximum absolute atomic E-state index is 12.6. The van der Waals surface area contributed by atoms with Gasteiger partial charge in [0.25, 0.3) is 0 Å². The van der Waals surface area contributed by atoms with Crippen LogP contribution in [0.15, 0.2) is 18.2 Å². The van der Waals surface area contributed by atoms with E-state index in [9.17, 15) is 9.59 Å². The first kappa shape index (κ1) is 18.1. The zero-order valence-corrected chi connectivity index (χ0v) is 15.0. The summed E-state index contributed by atoms with van der Waals surface area (Å²) in [5.41, 5.74) is 0.887. The Hall–Kier alpha value is -1.26. The molecule has 1 aromatic carbocycles. The van der Waals surface area contributed by atoms with Crippen molar-refractivity contribution in [3.8, 4) is 0 Å². The van der Waals surface area contributed by atoms with Crippen LogP contribution in [-0.4, -0.2) is 35.8 Å². The van der Waals surface area contributed by atoms with Crippen molar-refractivity contribution in [1.29, 1.82) is 0 Å². The van der Waals surface area contributed by atoms with E-state index < -0.39 is 0 Å². The predicted molar refractivity (Wildman–Crippen MR) is 92.7 cm³/mol. The molecule has 0 aliphatic carbocycles. The second-order valence-corrected chi connectivity index (χ2v) is 6.86. The molecule has 4 nitrogen and oxygen atoms in total. The summed E-state index contributed by atoms with van der Waals surface area (Å²) < 4.78 is 0. The molecule has 6 heteroatoms. The number of halogens is 2. The lowest BCUT2D eigenvalue weighted by Crippen LogP contribution is -2.44. The number of hydrogen-bond donors (Lipinski definition) is 1. The third-order valence-corrected chi connectivity index (χ3v) is 5.26. The van der Waals surface area contributed by atoms with E-state index in [1.54, 1.807) is 6.07 Å². The number of rotatable bonds is 5. The lowest BCUT2D eigenvalue weighted by atomic mass is 10.0. The average molecular weight is 357 g/mol. The van der Waals surface area contributed by atoms with Gasteiger partial charge in [-0.15, -0.1) is 0 Å². The molecule has 1 aromatic rings. The SMILES string of the molecule is CC(=O)NCC1C(C)CCN1C(=O)CCc1cccc(Cl)c1Cl. The van der Waals surface area contributed by atoms with Crippen molar-refractivity contribution in [2.75, 3.05) is 13.1 Å². The summed E-state index contributed by atoms with van der Waals surface area (Å²) in [7, 11) is 0. The molecule has 1 aliphatic heterocycles. The molecular formula is C17H22Cl2N2O2. The van der Waals surface area contributed by atoms with Gasteiger partial charge < -0.3 is 10.2 Å². The smallest absolute Gasteiger partial charge is 0.223 e. The van der Waals surface area contributed by atoms with Crippen LogP contribution in [0, 0.1) is 5.92 Å². The molecule has 1 heterocycles. The summed E-state index contributed by atoms with van der Waals surface area (Å²) in [5, 5.41) is 3.85. The van der Waals surface area contributed by atoms with Gasteiger partial charge in [-0.2, -0.15) is 0 Å². The van der Waals surface area contributed by atoms with Crippen LogP contribution in [0.1, 0.15) is 32.3 Å². The molecule has 2 unspecified atom stereocenters. The summed E-state index contributed by atoms with van der Waals surface area (Å²) in [5.74, 6) is 0.420. The molecule has 2 atom stereocenters. The average Bonchev–Trinajstić information content (AvgIpc) is 2.87.